The van der Waals surface area contributed by atoms with E-state index in [4.69, 9.17) is 5.26 Å². The Morgan fingerprint density at radius 1 is 1.89 bits per heavy atom. The summed E-state index contributed by atoms with van der Waals surface area (Å²) in [5.74, 6) is 0. The third-order valence-electron chi connectivity index (χ3n) is 0.333. The molecule has 1 amide bonds. The van der Waals surface area contributed by atoms with Crippen LogP contribution in [0.3, 0.4) is 0 Å². The normalized spacial score (nSPS) is 7.00. The van der Waals surface area contributed by atoms with Crippen LogP contribution in [-0.4, -0.2) is 11.0 Å². The zero-order valence-electron chi connectivity index (χ0n) is 4.03. The molecule has 9 heavy (non-hydrogen) atoms. The summed E-state index contributed by atoms with van der Waals surface area (Å²) in [6.45, 7) is 0. The smallest absolute Gasteiger partial charge is 0.271 e. The van der Waals surface area contributed by atoms with Crippen molar-refractivity contribution in [1.82, 2.24) is 5.48 Å². The average Bonchev–Trinajstić information content (AvgIpc) is 1.82. The summed E-state index contributed by atoms with van der Waals surface area (Å²) in [7, 11) is 0. The van der Waals surface area contributed by atoms with Gasteiger partial charge in [-0.05, 0) is 0 Å². The lowest BCUT2D eigenvalue weighted by Crippen LogP contribution is -2.20. The maximum Gasteiger partial charge on any atom is 0.682 e. The number of nitrogens with one attached hydrogen (secondary N) is 1. The zero-order chi connectivity index (χ0) is 7.28. The van der Waals surface area contributed by atoms with E-state index in [1.54, 1.807) is 0 Å². The fourth-order valence-corrected chi connectivity index (χ4v) is 0.104. The number of nitriles is 1. The summed E-state index contributed by atoms with van der Waals surface area (Å²) in [4.78, 5) is 21.4. The van der Waals surface area contributed by atoms with E-state index < -0.39 is 11.0 Å². The molecule has 0 aromatic heterocycles. The largest absolute Gasteiger partial charge is 0.682 e. The quantitative estimate of drug-likeness (QED) is 0.220. The van der Waals surface area contributed by atoms with Gasteiger partial charge in [0, 0.05) is 0 Å². The molecular formula is C2HN3O4. The molecule has 0 unspecified atom stereocenters. The molecule has 0 bridgehead atoms. The van der Waals surface area contributed by atoms with Gasteiger partial charge in [-0.25, -0.2) is 0 Å². The SMILES string of the molecule is N#CNOC(=O)[N+](=O)[O-]. The molecular weight excluding hydrogens is 130 g/mol. The Bertz CT molecular complexity index is 169. The van der Waals surface area contributed by atoms with Crippen molar-refractivity contribution in [2.24, 2.45) is 0 Å². The molecule has 48 valence electrons. The summed E-state index contributed by atoms with van der Waals surface area (Å²) in [6.07, 6.45) is -0.556. The average molecular weight is 131 g/mol. The van der Waals surface area contributed by atoms with Crippen molar-refractivity contribution >= 4 is 6.09 Å². The molecule has 0 aromatic carbocycles. The molecule has 1 N–H and O–H groups in total. The predicted octanol–water partition coefficient (Wildman–Crippen LogP) is -0.615. The molecule has 0 atom stereocenters. The second-order valence-corrected chi connectivity index (χ2v) is 0.839. The second kappa shape index (κ2) is 3.20. The summed E-state index contributed by atoms with van der Waals surface area (Å²) in [5, 5.41) is 17.0. The van der Waals surface area contributed by atoms with Crippen LogP contribution in [0.2, 0.25) is 0 Å². The Balaban J connectivity index is 3.55. The van der Waals surface area contributed by atoms with Gasteiger partial charge in [0.05, 0.1) is 0 Å². The molecule has 0 saturated heterocycles. The van der Waals surface area contributed by atoms with Gasteiger partial charge in [-0.1, -0.05) is 0 Å². The number of carbonyl (C=O) groups excluding carboxylic acids is 1. The van der Waals surface area contributed by atoms with Crippen molar-refractivity contribution in [3.8, 4) is 6.19 Å². The molecule has 0 aliphatic heterocycles. The molecule has 0 saturated carbocycles. The Labute approximate surface area is 48.9 Å². The summed E-state index contributed by atoms with van der Waals surface area (Å²) in [6, 6.07) is 0. The third kappa shape index (κ3) is 2.81. The molecule has 0 aliphatic rings. The lowest BCUT2D eigenvalue weighted by molar-refractivity contribution is -0.399. The first-order chi connectivity index (χ1) is 4.18. The molecule has 0 fully saturated rings. The summed E-state index contributed by atoms with van der Waals surface area (Å²) >= 11 is 0. The summed E-state index contributed by atoms with van der Waals surface area (Å²) in [5.41, 5.74) is 1.34. The van der Waals surface area contributed by atoms with E-state index in [0.29, 0.717) is 0 Å². The number of hydroxylamine groups is 1. The first-order valence-corrected chi connectivity index (χ1v) is 1.67. The molecule has 0 aliphatic carbocycles. The van der Waals surface area contributed by atoms with Gasteiger partial charge in [0.25, 0.3) is 0 Å². The number of amides is 1. The third-order valence-corrected chi connectivity index (χ3v) is 0.333. The van der Waals surface area contributed by atoms with Crippen LogP contribution in [0.15, 0.2) is 0 Å². The number of hydrogen-bond acceptors (Lipinski definition) is 6. The number of nitrogens with zero attached hydrogens (tertiary/aromatic N) is 2. The van der Waals surface area contributed by atoms with E-state index in [1.807, 2.05) is 0 Å². The Kier molecular flexibility index (Phi) is 2.55. The van der Waals surface area contributed by atoms with Crippen LogP contribution in [0, 0.1) is 21.6 Å². The Morgan fingerprint density at radius 2 is 2.44 bits per heavy atom. The highest BCUT2D eigenvalue weighted by atomic mass is 16.8. The van der Waals surface area contributed by atoms with E-state index >= 15 is 0 Å². The van der Waals surface area contributed by atoms with Crippen molar-refractivity contribution < 1.29 is 14.6 Å². The first-order valence-electron chi connectivity index (χ1n) is 1.67. The van der Waals surface area contributed by atoms with Gasteiger partial charge < -0.3 is 0 Å². The fraction of sp³-hybridized carbons (Fsp3) is 0. The minimum atomic E-state index is -1.71. The maximum atomic E-state index is 9.77. The minimum Gasteiger partial charge on any atom is -0.271 e. The topological polar surface area (TPSA) is 105 Å². The van der Waals surface area contributed by atoms with Gasteiger partial charge >= 0.3 is 6.09 Å². The van der Waals surface area contributed by atoms with Crippen molar-refractivity contribution in [3.05, 3.63) is 10.1 Å². The molecule has 0 radical (unpaired) electrons. The van der Waals surface area contributed by atoms with Gasteiger partial charge in [0.1, 0.15) is 4.92 Å². The van der Waals surface area contributed by atoms with E-state index in [9.17, 15) is 14.9 Å². The van der Waals surface area contributed by atoms with E-state index in [1.165, 1.54) is 5.48 Å². The highest BCUT2D eigenvalue weighted by Gasteiger charge is 2.16. The molecule has 7 nitrogen and oxygen atoms in total. The summed E-state index contributed by atoms with van der Waals surface area (Å²) < 4.78 is 0. The van der Waals surface area contributed by atoms with E-state index in [2.05, 4.69) is 4.84 Å². The maximum absolute atomic E-state index is 9.77. The highest BCUT2D eigenvalue weighted by Crippen LogP contribution is 1.75. The van der Waals surface area contributed by atoms with Gasteiger partial charge in [0.2, 0.25) is 6.19 Å². The monoisotopic (exact) mass is 131 g/mol. The number of hydrogen-bond donors (Lipinski definition) is 1. The van der Waals surface area contributed by atoms with Crippen LogP contribution in [0.25, 0.3) is 0 Å². The predicted molar refractivity (Wildman–Crippen MR) is 22.2 cm³/mol. The molecule has 0 spiro atoms. The first kappa shape index (κ1) is 7.16. The van der Waals surface area contributed by atoms with E-state index in [0.717, 1.165) is 6.19 Å². The standard InChI is InChI=1S/C2HN3O4/c3-1-4-9-2(6)5(7)8/h4H. The zero-order valence-corrected chi connectivity index (χ0v) is 4.03. The van der Waals surface area contributed by atoms with Crippen molar-refractivity contribution in [3.63, 3.8) is 0 Å². The Hall–Kier alpha value is -1.84. The van der Waals surface area contributed by atoms with Crippen LogP contribution in [0.5, 0.6) is 0 Å². The van der Waals surface area contributed by atoms with Gasteiger partial charge in [0.15, 0.2) is 0 Å². The lowest BCUT2D eigenvalue weighted by Gasteiger charge is -1.86. The fourth-order valence-electron chi connectivity index (χ4n) is 0.104. The van der Waals surface area contributed by atoms with Crippen LogP contribution in [0.4, 0.5) is 4.79 Å². The lowest BCUT2D eigenvalue weighted by atomic mass is 11.2. The van der Waals surface area contributed by atoms with Crippen LogP contribution >= 0.6 is 0 Å². The van der Waals surface area contributed by atoms with Crippen molar-refractivity contribution in [2.45, 2.75) is 0 Å². The van der Waals surface area contributed by atoms with Crippen LogP contribution in [-0.2, 0) is 4.84 Å². The number of carbonyl (C=O) groups is 1. The van der Waals surface area contributed by atoms with Crippen LogP contribution < -0.4 is 5.48 Å². The van der Waals surface area contributed by atoms with E-state index in [-0.39, 0.29) is 0 Å². The molecule has 0 heterocycles. The molecule has 7 heteroatoms. The minimum absolute atomic E-state index is 1.16. The van der Waals surface area contributed by atoms with Crippen molar-refractivity contribution in [1.29, 1.82) is 5.26 Å². The molecule has 0 aromatic rings. The van der Waals surface area contributed by atoms with Crippen molar-refractivity contribution in [2.75, 3.05) is 0 Å². The van der Waals surface area contributed by atoms with Gasteiger partial charge in [-0.15, -0.1) is 5.48 Å². The molecule has 0 rings (SSSR count). The van der Waals surface area contributed by atoms with Gasteiger partial charge in [-0.2, -0.15) is 10.1 Å². The number of nitro groups is 1. The van der Waals surface area contributed by atoms with Crippen LogP contribution in [0.1, 0.15) is 0 Å². The second-order valence-electron chi connectivity index (χ2n) is 0.839. The number of rotatable bonds is 1. The highest BCUT2D eigenvalue weighted by molar-refractivity contribution is 5.56. The van der Waals surface area contributed by atoms with Gasteiger partial charge in [-0.3, -0.25) is 15.0 Å². The Morgan fingerprint density at radius 3 is 2.78 bits per heavy atom.